The summed E-state index contributed by atoms with van der Waals surface area (Å²) in [6.07, 6.45) is 3.22. The number of anilines is 1. The van der Waals surface area contributed by atoms with E-state index < -0.39 is 0 Å². The van der Waals surface area contributed by atoms with Gasteiger partial charge in [-0.05, 0) is 11.1 Å². The van der Waals surface area contributed by atoms with Gasteiger partial charge in [-0.3, -0.25) is 0 Å². The Morgan fingerprint density at radius 1 is 1.22 bits per heavy atom. The highest BCUT2D eigenvalue weighted by molar-refractivity contribution is 5.30. The molecular weight excluding hydrogens is 230 g/mol. The molecule has 0 atom stereocenters. The maximum atomic E-state index is 9.05. The van der Waals surface area contributed by atoms with Gasteiger partial charge < -0.3 is 15.2 Å². The van der Waals surface area contributed by atoms with Crippen LogP contribution in [-0.4, -0.2) is 22.2 Å². The van der Waals surface area contributed by atoms with Gasteiger partial charge in [0.05, 0.1) is 26.1 Å². The minimum Gasteiger partial charge on any atom is -0.494 e. The molecule has 2 N–H and O–H groups in total. The highest BCUT2D eigenvalue weighted by Crippen LogP contribution is 2.10. The van der Waals surface area contributed by atoms with Crippen molar-refractivity contribution in [3.63, 3.8) is 0 Å². The molecule has 5 nitrogen and oxygen atoms in total. The van der Waals surface area contributed by atoms with E-state index in [2.05, 4.69) is 15.3 Å². The van der Waals surface area contributed by atoms with E-state index in [0.29, 0.717) is 18.2 Å². The molecule has 0 amide bonds. The molecule has 0 aliphatic carbocycles. The maximum Gasteiger partial charge on any atom is 0.223 e. The van der Waals surface area contributed by atoms with Crippen molar-refractivity contribution in [3.05, 3.63) is 47.8 Å². The monoisotopic (exact) mass is 245 g/mol. The van der Waals surface area contributed by atoms with Crippen LogP contribution in [0.2, 0.25) is 0 Å². The van der Waals surface area contributed by atoms with Gasteiger partial charge in [0.25, 0.3) is 0 Å². The van der Waals surface area contributed by atoms with Crippen molar-refractivity contribution in [1.29, 1.82) is 0 Å². The molecule has 18 heavy (non-hydrogen) atoms. The Morgan fingerprint density at radius 2 is 1.94 bits per heavy atom. The van der Waals surface area contributed by atoms with E-state index >= 15 is 0 Å². The predicted octanol–water partition coefficient (Wildman–Crippen LogP) is 1.59. The predicted molar refractivity (Wildman–Crippen MR) is 68.3 cm³/mol. The van der Waals surface area contributed by atoms with E-state index in [1.165, 1.54) is 0 Å². The lowest BCUT2D eigenvalue weighted by Crippen LogP contribution is -2.03. The van der Waals surface area contributed by atoms with Gasteiger partial charge in [-0.25, -0.2) is 9.97 Å². The molecular formula is C13H15N3O2. The van der Waals surface area contributed by atoms with Crippen LogP contribution in [-0.2, 0) is 13.2 Å². The van der Waals surface area contributed by atoms with E-state index in [4.69, 9.17) is 9.84 Å². The Morgan fingerprint density at radius 3 is 2.61 bits per heavy atom. The number of benzene rings is 1. The van der Waals surface area contributed by atoms with Crippen molar-refractivity contribution >= 4 is 5.95 Å². The number of nitrogens with zero attached hydrogens (tertiary/aromatic N) is 2. The van der Waals surface area contributed by atoms with Gasteiger partial charge in [0.2, 0.25) is 5.95 Å². The van der Waals surface area contributed by atoms with E-state index in [1.54, 1.807) is 19.5 Å². The smallest absolute Gasteiger partial charge is 0.223 e. The van der Waals surface area contributed by atoms with Gasteiger partial charge in [0, 0.05) is 6.54 Å². The summed E-state index contributed by atoms with van der Waals surface area (Å²) in [5.41, 5.74) is 1.96. The third-order valence-corrected chi connectivity index (χ3v) is 2.49. The number of methoxy groups -OCH3 is 1. The molecule has 0 radical (unpaired) electrons. The molecule has 0 bridgehead atoms. The van der Waals surface area contributed by atoms with Crippen LogP contribution in [0.25, 0.3) is 0 Å². The number of hydrogen-bond acceptors (Lipinski definition) is 5. The van der Waals surface area contributed by atoms with Gasteiger partial charge in [0.15, 0.2) is 5.75 Å². The van der Waals surface area contributed by atoms with Gasteiger partial charge in [-0.2, -0.15) is 0 Å². The van der Waals surface area contributed by atoms with Crippen LogP contribution >= 0.6 is 0 Å². The first-order valence-electron chi connectivity index (χ1n) is 5.60. The van der Waals surface area contributed by atoms with Crippen LogP contribution in [0.3, 0.4) is 0 Å². The molecule has 2 rings (SSSR count). The molecule has 2 aromatic rings. The molecule has 0 fully saturated rings. The van der Waals surface area contributed by atoms with Crippen LogP contribution in [0.5, 0.6) is 5.75 Å². The van der Waals surface area contributed by atoms with E-state index in [-0.39, 0.29) is 6.61 Å². The van der Waals surface area contributed by atoms with Gasteiger partial charge >= 0.3 is 0 Å². The first-order chi connectivity index (χ1) is 8.81. The number of rotatable bonds is 5. The van der Waals surface area contributed by atoms with Gasteiger partial charge in [-0.1, -0.05) is 24.3 Å². The minimum absolute atomic E-state index is 0.0485. The average molecular weight is 245 g/mol. The van der Waals surface area contributed by atoms with Crippen LogP contribution in [0.1, 0.15) is 11.1 Å². The van der Waals surface area contributed by atoms with Gasteiger partial charge in [0.1, 0.15) is 0 Å². The maximum absolute atomic E-state index is 9.05. The third kappa shape index (κ3) is 3.18. The lowest BCUT2D eigenvalue weighted by molar-refractivity contribution is 0.281. The Balaban J connectivity index is 1.97. The largest absolute Gasteiger partial charge is 0.494 e. The molecule has 1 aromatic carbocycles. The molecule has 0 unspecified atom stereocenters. The van der Waals surface area contributed by atoms with Crippen molar-refractivity contribution in [2.24, 2.45) is 0 Å². The second-order valence-corrected chi connectivity index (χ2v) is 3.78. The number of aromatic nitrogens is 2. The number of ether oxygens (including phenoxy) is 1. The van der Waals surface area contributed by atoms with E-state index in [9.17, 15) is 0 Å². The van der Waals surface area contributed by atoms with Crippen molar-refractivity contribution in [1.82, 2.24) is 9.97 Å². The van der Waals surface area contributed by atoms with Crippen molar-refractivity contribution < 1.29 is 9.84 Å². The second-order valence-electron chi connectivity index (χ2n) is 3.78. The number of aliphatic hydroxyl groups excluding tert-OH is 1. The van der Waals surface area contributed by atoms with E-state index in [1.807, 2.05) is 24.3 Å². The topological polar surface area (TPSA) is 67.3 Å². The van der Waals surface area contributed by atoms with Crippen molar-refractivity contribution in [2.75, 3.05) is 12.4 Å². The molecule has 0 saturated carbocycles. The SMILES string of the molecule is COc1cnc(NCc2cccc(CO)c2)nc1. The second kappa shape index (κ2) is 5.97. The third-order valence-electron chi connectivity index (χ3n) is 2.49. The van der Waals surface area contributed by atoms with Crippen LogP contribution < -0.4 is 10.1 Å². The van der Waals surface area contributed by atoms with Crippen LogP contribution in [0.15, 0.2) is 36.7 Å². The zero-order valence-electron chi connectivity index (χ0n) is 10.1. The highest BCUT2D eigenvalue weighted by atomic mass is 16.5. The normalized spacial score (nSPS) is 10.1. The molecule has 0 spiro atoms. The first kappa shape index (κ1) is 12.3. The molecule has 0 aliphatic rings. The van der Waals surface area contributed by atoms with Crippen LogP contribution in [0.4, 0.5) is 5.95 Å². The quantitative estimate of drug-likeness (QED) is 0.837. The summed E-state index contributed by atoms with van der Waals surface area (Å²) in [5.74, 6) is 1.17. The first-order valence-corrected chi connectivity index (χ1v) is 5.60. The van der Waals surface area contributed by atoms with Crippen molar-refractivity contribution in [2.45, 2.75) is 13.2 Å². The summed E-state index contributed by atoms with van der Waals surface area (Å²) in [6.45, 7) is 0.660. The Bertz CT molecular complexity index is 500. The number of aliphatic hydroxyl groups is 1. The zero-order chi connectivity index (χ0) is 12.8. The fourth-order valence-corrected chi connectivity index (χ4v) is 1.53. The Labute approximate surface area is 105 Å². The summed E-state index contributed by atoms with van der Waals surface area (Å²) < 4.78 is 4.98. The standard InChI is InChI=1S/C13H15N3O2/c1-18-12-7-15-13(16-8-12)14-6-10-3-2-4-11(5-10)9-17/h2-5,7-8,17H,6,9H2,1H3,(H,14,15,16). The summed E-state index contributed by atoms with van der Waals surface area (Å²) in [7, 11) is 1.58. The fraction of sp³-hybridized carbons (Fsp3) is 0.231. The minimum atomic E-state index is 0.0485. The molecule has 1 heterocycles. The van der Waals surface area contributed by atoms with E-state index in [0.717, 1.165) is 11.1 Å². The van der Waals surface area contributed by atoms with Crippen molar-refractivity contribution in [3.8, 4) is 5.75 Å². The molecule has 94 valence electrons. The molecule has 5 heteroatoms. The number of nitrogens with one attached hydrogen (secondary N) is 1. The number of hydrogen-bond donors (Lipinski definition) is 2. The van der Waals surface area contributed by atoms with Crippen LogP contribution in [0, 0.1) is 0 Å². The molecule has 0 saturated heterocycles. The summed E-state index contributed by atoms with van der Waals surface area (Å²) in [6, 6.07) is 7.72. The zero-order valence-corrected chi connectivity index (χ0v) is 10.1. The summed E-state index contributed by atoms with van der Waals surface area (Å²) in [4.78, 5) is 8.22. The molecule has 0 aliphatic heterocycles. The summed E-state index contributed by atoms with van der Waals surface area (Å²) >= 11 is 0. The Hall–Kier alpha value is -2.14. The molecule has 1 aromatic heterocycles. The Kier molecular flexibility index (Phi) is 4.09. The fourth-order valence-electron chi connectivity index (χ4n) is 1.53. The van der Waals surface area contributed by atoms with Gasteiger partial charge in [-0.15, -0.1) is 0 Å². The lowest BCUT2D eigenvalue weighted by Gasteiger charge is -2.06. The summed E-state index contributed by atoms with van der Waals surface area (Å²) in [5, 5.41) is 12.2. The average Bonchev–Trinajstić information content (AvgIpc) is 2.46. The highest BCUT2D eigenvalue weighted by Gasteiger charge is 1.99. The lowest BCUT2D eigenvalue weighted by atomic mass is 10.1.